The molecule has 2 aromatic heterocycles. The Morgan fingerprint density at radius 3 is 2.78 bits per heavy atom. The number of carbonyl (C=O) groups excluding carboxylic acids is 1. The van der Waals surface area contributed by atoms with Crippen LogP contribution in [0.15, 0.2) is 59.3 Å². The van der Waals surface area contributed by atoms with Gasteiger partial charge < -0.3 is 9.32 Å². The van der Waals surface area contributed by atoms with Crippen LogP contribution in [0.25, 0.3) is 22.5 Å². The molecule has 2 aromatic carbocycles. The third-order valence-electron chi connectivity index (χ3n) is 5.88. The zero-order chi connectivity index (χ0) is 22.2. The zero-order valence-corrected chi connectivity index (χ0v) is 18.1. The number of nitrogens with zero attached hydrogens (tertiary/aromatic N) is 4. The van der Waals surface area contributed by atoms with Crippen molar-refractivity contribution < 1.29 is 13.6 Å². The van der Waals surface area contributed by atoms with Gasteiger partial charge in [0, 0.05) is 35.6 Å². The maximum absolute atomic E-state index is 14.1. The third kappa shape index (κ3) is 3.84. The van der Waals surface area contributed by atoms with Crippen molar-refractivity contribution in [3.8, 4) is 11.4 Å². The summed E-state index contributed by atoms with van der Waals surface area (Å²) in [6.07, 6.45) is 4.81. The fraction of sp³-hybridized carbons (Fsp3) is 0.250. The van der Waals surface area contributed by atoms with Gasteiger partial charge in [-0.15, -0.1) is 0 Å². The van der Waals surface area contributed by atoms with E-state index in [0.29, 0.717) is 39.9 Å². The summed E-state index contributed by atoms with van der Waals surface area (Å²) in [4.78, 5) is 28.4. The number of fused-ring (bicyclic) bond motifs is 1. The van der Waals surface area contributed by atoms with Crippen molar-refractivity contribution in [1.82, 2.24) is 19.9 Å². The van der Waals surface area contributed by atoms with E-state index in [0.717, 1.165) is 12.8 Å². The van der Waals surface area contributed by atoms with Gasteiger partial charge in [-0.05, 0) is 62.2 Å². The van der Waals surface area contributed by atoms with Crippen LogP contribution in [0.2, 0.25) is 5.02 Å². The first-order valence-corrected chi connectivity index (χ1v) is 10.8. The Labute approximate surface area is 189 Å². The van der Waals surface area contributed by atoms with E-state index >= 15 is 0 Å². The average Bonchev–Trinajstić information content (AvgIpc) is 3.22. The number of halogens is 2. The fourth-order valence-corrected chi connectivity index (χ4v) is 4.33. The number of aromatic nitrogens is 3. The van der Waals surface area contributed by atoms with Gasteiger partial charge in [0.2, 0.25) is 0 Å². The first kappa shape index (κ1) is 20.6. The van der Waals surface area contributed by atoms with Gasteiger partial charge in [-0.2, -0.15) is 0 Å². The molecule has 0 saturated carbocycles. The number of likely N-dealkylation sites (tertiary alicyclic amines) is 1. The summed E-state index contributed by atoms with van der Waals surface area (Å²) in [7, 11) is 0. The molecule has 2 atom stereocenters. The van der Waals surface area contributed by atoms with E-state index < -0.39 is 5.82 Å². The lowest BCUT2D eigenvalue weighted by atomic mass is 9.92. The summed E-state index contributed by atoms with van der Waals surface area (Å²) >= 11 is 6.07. The largest absolute Gasteiger partial charge is 0.440 e. The molecule has 32 heavy (non-hydrogen) atoms. The van der Waals surface area contributed by atoms with Crippen molar-refractivity contribution in [2.75, 3.05) is 6.54 Å². The van der Waals surface area contributed by atoms with Crippen LogP contribution >= 0.6 is 11.6 Å². The Hall–Kier alpha value is -3.32. The molecule has 0 bridgehead atoms. The Balaban J connectivity index is 1.47. The quantitative estimate of drug-likeness (QED) is 0.413. The molecule has 1 amide bonds. The molecule has 4 aromatic rings. The van der Waals surface area contributed by atoms with Crippen molar-refractivity contribution >= 4 is 28.6 Å². The highest BCUT2D eigenvalue weighted by Crippen LogP contribution is 2.34. The van der Waals surface area contributed by atoms with E-state index in [1.807, 2.05) is 6.92 Å². The number of piperidine rings is 1. The standard InChI is InChI=1S/C24H20ClFN4O2/c1-14-3-4-15(23-29-20-11-16(25)5-8-21(20)32-23)13-30(14)24(31)19-12-17(26)6-7-18(19)22-27-9-2-10-28-22/h2,5-12,14-15H,3-4,13H2,1H3/t14-,15?/m1/s1. The molecule has 3 heterocycles. The number of hydrogen-bond donors (Lipinski definition) is 0. The van der Waals surface area contributed by atoms with Gasteiger partial charge in [-0.25, -0.2) is 19.3 Å². The molecule has 0 N–H and O–H groups in total. The molecule has 8 heteroatoms. The predicted molar refractivity (Wildman–Crippen MR) is 119 cm³/mol. The van der Waals surface area contributed by atoms with E-state index in [1.54, 1.807) is 47.6 Å². The molecule has 0 spiro atoms. The van der Waals surface area contributed by atoms with E-state index in [2.05, 4.69) is 15.0 Å². The van der Waals surface area contributed by atoms with Crippen LogP contribution in [-0.4, -0.2) is 38.3 Å². The van der Waals surface area contributed by atoms with E-state index in [-0.39, 0.29) is 23.4 Å². The highest BCUT2D eigenvalue weighted by atomic mass is 35.5. The minimum Gasteiger partial charge on any atom is -0.440 e. The van der Waals surface area contributed by atoms with Crippen LogP contribution in [0.1, 0.15) is 41.9 Å². The second kappa shape index (κ2) is 8.31. The van der Waals surface area contributed by atoms with Gasteiger partial charge in [0.05, 0.1) is 11.5 Å². The van der Waals surface area contributed by atoms with Crippen LogP contribution in [0, 0.1) is 5.82 Å². The minimum atomic E-state index is -0.481. The van der Waals surface area contributed by atoms with Crippen LogP contribution in [0.5, 0.6) is 0 Å². The van der Waals surface area contributed by atoms with Crippen molar-refractivity contribution in [3.05, 3.63) is 77.2 Å². The van der Waals surface area contributed by atoms with Crippen molar-refractivity contribution in [3.63, 3.8) is 0 Å². The van der Waals surface area contributed by atoms with Gasteiger partial charge in [0.1, 0.15) is 11.3 Å². The fourth-order valence-electron chi connectivity index (χ4n) is 4.17. The highest BCUT2D eigenvalue weighted by Gasteiger charge is 2.34. The average molecular weight is 451 g/mol. The van der Waals surface area contributed by atoms with E-state index in [4.69, 9.17) is 16.0 Å². The smallest absolute Gasteiger partial charge is 0.254 e. The van der Waals surface area contributed by atoms with Crippen LogP contribution in [0.3, 0.4) is 0 Å². The number of rotatable bonds is 3. The summed E-state index contributed by atoms with van der Waals surface area (Å²) in [5.74, 6) is 0.158. The van der Waals surface area contributed by atoms with Crippen molar-refractivity contribution in [2.24, 2.45) is 0 Å². The first-order valence-electron chi connectivity index (χ1n) is 10.4. The molecule has 0 radical (unpaired) electrons. The van der Waals surface area contributed by atoms with E-state index in [1.165, 1.54) is 12.1 Å². The molecular weight excluding hydrogens is 431 g/mol. The first-order chi connectivity index (χ1) is 15.5. The Kier molecular flexibility index (Phi) is 5.35. The summed E-state index contributed by atoms with van der Waals surface area (Å²) < 4.78 is 20.1. The van der Waals surface area contributed by atoms with Crippen molar-refractivity contribution in [2.45, 2.75) is 31.7 Å². The SMILES string of the molecule is C[C@@H]1CCC(c2nc3cc(Cl)ccc3o2)CN1C(=O)c1cc(F)ccc1-c1ncccn1. The molecule has 5 rings (SSSR count). The van der Waals surface area contributed by atoms with Gasteiger partial charge in [0.15, 0.2) is 17.3 Å². The molecule has 1 saturated heterocycles. The topological polar surface area (TPSA) is 72.1 Å². The molecule has 1 aliphatic heterocycles. The molecule has 162 valence electrons. The zero-order valence-electron chi connectivity index (χ0n) is 17.3. The Bertz CT molecular complexity index is 1290. The van der Waals surface area contributed by atoms with Crippen LogP contribution < -0.4 is 0 Å². The molecule has 0 aliphatic carbocycles. The van der Waals surface area contributed by atoms with Gasteiger partial charge in [-0.1, -0.05) is 11.6 Å². The number of hydrogen-bond acceptors (Lipinski definition) is 5. The second-order valence-electron chi connectivity index (χ2n) is 8.01. The lowest BCUT2D eigenvalue weighted by Gasteiger charge is -2.37. The molecule has 1 unspecified atom stereocenters. The van der Waals surface area contributed by atoms with Gasteiger partial charge >= 0.3 is 0 Å². The number of benzene rings is 2. The van der Waals surface area contributed by atoms with E-state index in [9.17, 15) is 9.18 Å². The summed E-state index contributed by atoms with van der Waals surface area (Å²) in [5.41, 5.74) is 2.10. The maximum Gasteiger partial charge on any atom is 0.254 e. The molecule has 6 nitrogen and oxygen atoms in total. The normalized spacial score (nSPS) is 18.8. The van der Waals surface area contributed by atoms with Crippen molar-refractivity contribution in [1.29, 1.82) is 0 Å². The van der Waals surface area contributed by atoms with Gasteiger partial charge in [-0.3, -0.25) is 4.79 Å². The van der Waals surface area contributed by atoms with Crippen LogP contribution in [0.4, 0.5) is 4.39 Å². The number of oxazole rings is 1. The predicted octanol–water partition coefficient (Wildman–Crippen LogP) is 5.49. The third-order valence-corrected chi connectivity index (χ3v) is 6.11. The molecule has 1 aliphatic rings. The highest BCUT2D eigenvalue weighted by molar-refractivity contribution is 6.31. The minimum absolute atomic E-state index is 0.00891. The summed E-state index contributed by atoms with van der Waals surface area (Å²) in [5, 5.41) is 0.591. The lowest BCUT2D eigenvalue weighted by Crippen LogP contribution is -2.45. The summed E-state index contributed by atoms with van der Waals surface area (Å²) in [6.45, 7) is 2.42. The Morgan fingerprint density at radius 2 is 1.97 bits per heavy atom. The van der Waals surface area contributed by atoms with Crippen LogP contribution in [-0.2, 0) is 0 Å². The second-order valence-corrected chi connectivity index (χ2v) is 8.44. The monoisotopic (exact) mass is 450 g/mol. The maximum atomic E-state index is 14.1. The summed E-state index contributed by atoms with van der Waals surface area (Å²) in [6, 6.07) is 11.1. The molecule has 1 fully saturated rings. The van der Waals surface area contributed by atoms with Gasteiger partial charge in [0.25, 0.3) is 5.91 Å². The Morgan fingerprint density at radius 1 is 1.16 bits per heavy atom. The lowest BCUT2D eigenvalue weighted by molar-refractivity contribution is 0.0598. The number of amides is 1. The molecular formula is C24H20ClFN4O2. The number of carbonyl (C=O) groups is 1.